The molecule has 1 aliphatic rings. The number of aryl methyl sites for hydroxylation is 2. The molecule has 0 spiro atoms. The molecule has 2 aromatic rings. The van der Waals surface area contributed by atoms with Crippen LogP contribution in [0.1, 0.15) is 30.0 Å². The van der Waals surface area contributed by atoms with Gasteiger partial charge in [-0.05, 0) is 50.5 Å². The van der Waals surface area contributed by atoms with Crippen LogP contribution < -0.4 is 5.32 Å². The molecule has 146 valence electrons. The number of nitrogens with zero attached hydrogens (tertiary/aromatic N) is 2. The molecule has 0 bridgehead atoms. The van der Waals surface area contributed by atoms with Gasteiger partial charge in [-0.15, -0.1) is 0 Å². The number of fused-ring (bicyclic) bond motifs is 1. The lowest BCUT2D eigenvalue weighted by Crippen LogP contribution is -2.40. The number of carbonyl (C=O) groups excluding carboxylic acids is 2. The number of benzene rings is 1. The second kappa shape index (κ2) is 8.57. The first-order valence-electron chi connectivity index (χ1n) is 9.72. The highest BCUT2D eigenvalue weighted by molar-refractivity contribution is 5.88. The molecule has 2 amide bonds. The van der Waals surface area contributed by atoms with Crippen molar-refractivity contribution < 1.29 is 14.0 Å². The van der Waals surface area contributed by atoms with Gasteiger partial charge in [0.05, 0.1) is 19.2 Å². The lowest BCUT2D eigenvalue weighted by atomic mass is 10.0. The maximum atomic E-state index is 12.8. The molecule has 0 saturated carbocycles. The van der Waals surface area contributed by atoms with Gasteiger partial charge < -0.3 is 14.6 Å². The van der Waals surface area contributed by atoms with Crippen LogP contribution in [0.5, 0.6) is 0 Å². The van der Waals surface area contributed by atoms with Crippen LogP contribution in [-0.2, 0) is 16.0 Å². The molecule has 0 unspecified atom stereocenters. The molecule has 2 heterocycles. The minimum Gasteiger partial charge on any atom is -0.464 e. The lowest BCUT2D eigenvalue weighted by molar-refractivity contribution is -0.130. The molecule has 0 aliphatic carbocycles. The summed E-state index contributed by atoms with van der Waals surface area (Å²) in [6, 6.07) is 4.14. The fourth-order valence-electron chi connectivity index (χ4n) is 3.58. The molecule has 1 saturated heterocycles. The first kappa shape index (κ1) is 19.4. The zero-order valence-corrected chi connectivity index (χ0v) is 16.5. The molecule has 27 heavy (non-hydrogen) atoms. The fourth-order valence-corrected chi connectivity index (χ4v) is 3.58. The molecule has 0 radical (unpaired) electrons. The topological polar surface area (TPSA) is 65.8 Å². The third-order valence-electron chi connectivity index (χ3n) is 5.29. The number of nitrogens with one attached hydrogen (secondary N) is 1. The van der Waals surface area contributed by atoms with E-state index in [9.17, 15) is 9.59 Å². The minimum atomic E-state index is 0.0489. The Balaban J connectivity index is 1.62. The highest BCUT2D eigenvalue weighted by Crippen LogP contribution is 2.25. The summed E-state index contributed by atoms with van der Waals surface area (Å²) in [4.78, 5) is 28.7. The summed E-state index contributed by atoms with van der Waals surface area (Å²) in [5, 5.41) is 3.86. The molecule has 1 fully saturated rings. The van der Waals surface area contributed by atoms with Gasteiger partial charge >= 0.3 is 0 Å². The normalized spacial score (nSPS) is 15.7. The van der Waals surface area contributed by atoms with Crippen LogP contribution in [0.2, 0.25) is 0 Å². The van der Waals surface area contributed by atoms with Crippen molar-refractivity contribution in [3.05, 3.63) is 35.1 Å². The zero-order chi connectivity index (χ0) is 19.4. The van der Waals surface area contributed by atoms with E-state index in [0.717, 1.165) is 42.6 Å². The van der Waals surface area contributed by atoms with Crippen LogP contribution >= 0.6 is 0 Å². The van der Waals surface area contributed by atoms with Crippen LogP contribution in [0.15, 0.2) is 22.8 Å². The van der Waals surface area contributed by atoms with Crippen molar-refractivity contribution >= 4 is 22.8 Å². The van der Waals surface area contributed by atoms with Crippen LogP contribution in [0.4, 0.5) is 0 Å². The highest BCUT2D eigenvalue weighted by atomic mass is 16.3. The number of amides is 2. The molecule has 1 aromatic heterocycles. The van der Waals surface area contributed by atoms with E-state index in [-0.39, 0.29) is 11.8 Å². The fraction of sp³-hybridized carbons (Fsp3) is 0.524. The molecule has 6 heteroatoms. The zero-order valence-electron chi connectivity index (χ0n) is 16.5. The van der Waals surface area contributed by atoms with Crippen molar-refractivity contribution in [2.75, 3.05) is 39.3 Å². The lowest BCUT2D eigenvalue weighted by Gasteiger charge is -2.21. The van der Waals surface area contributed by atoms with Gasteiger partial charge in [-0.25, -0.2) is 0 Å². The van der Waals surface area contributed by atoms with E-state index < -0.39 is 0 Å². The smallest absolute Gasteiger partial charge is 0.234 e. The van der Waals surface area contributed by atoms with Gasteiger partial charge in [0, 0.05) is 43.7 Å². The van der Waals surface area contributed by atoms with Gasteiger partial charge in [0.25, 0.3) is 0 Å². The second-order valence-corrected chi connectivity index (χ2v) is 7.33. The first-order chi connectivity index (χ1) is 13.0. The van der Waals surface area contributed by atoms with Gasteiger partial charge in [-0.1, -0.05) is 0 Å². The minimum absolute atomic E-state index is 0.0489. The molecular formula is C21H29N3O3. The summed E-state index contributed by atoms with van der Waals surface area (Å²) in [5.74, 6) is 0.170. The summed E-state index contributed by atoms with van der Waals surface area (Å²) >= 11 is 0. The average Bonchev–Trinajstić information content (AvgIpc) is 2.85. The van der Waals surface area contributed by atoms with Crippen LogP contribution in [-0.4, -0.2) is 60.9 Å². The van der Waals surface area contributed by atoms with E-state index in [1.165, 1.54) is 11.1 Å². The average molecular weight is 371 g/mol. The summed E-state index contributed by atoms with van der Waals surface area (Å²) in [7, 11) is 0. The molecule has 1 N–H and O–H groups in total. The summed E-state index contributed by atoms with van der Waals surface area (Å²) < 4.78 is 5.66. The van der Waals surface area contributed by atoms with E-state index in [2.05, 4.69) is 30.1 Å². The Morgan fingerprint density at radius 1 is 1.11 bits per heavy atom. The van der Waals surface area contributed by atoms with Gasteiger partial charge in [0.2, 0.25) is 11.8 Å². The predicted octanol–water partition coefficient (Wildman–Crippen LogP) is 2.26. The van der Waals surface area contributed by atoms with E-state index >= 15 is 0 Å². The number of hydrogen-bond acceptors (Lipinski definition) is 4. The summed E-state index contributed by atoms with van der Waals surface area (Å²) in [6.45, 7) is 10.1. The van der Waals surface area contributed by atoms with Crippen molar-refractivity contribution in [3.8, 4) is 0 Å². The van der Waals surface area contributed by atoms with Crippen molar-refractivity contribution in [2.24, 2.45) is 0 Å². The largest absolute Gasteiger partial charge is 0.464 e. The quantitative estimate of drug-likeness (QED) is 0.876. The molecular weight excluding hydrogens is 342 g/mol. The van der Waals surface area contributed by atoms with Crippen LogP contribution in [0.3, 0.4) is 0 Å². The van der Waals surface area contributed by atoms with E-state index in [4.69, 9.17) is 4.42 Å². The third kappa shape index (κ3) is 4.69. The Kier molecular flexibility index (Phi) is 6.16. The van der Waals surface area contributed by atoms with Gasteiger partial charge in [0.15, 0.2) is 0 Å². The van der Waals surface area contributed by atoms with E-state index in [1.807, 2.05) is 17.9 Å². The number of likely N-dealkylation sites (N-methyl/N-ethyl adjacent to an activating group) is 1. The highest BCUT2D eigenvalue weighted by Gasteiger charge is 2.21. The molecule has 1 aliphatic heterocycles. The summed E-state index contributed by atoms with van der Waals surface area (Å²) in [5.41, 5.74) is 4.18. The van der Waals surface area contributed by atoms with Crippen molar-refractivity contribution in [3.63, 3.8) is 0 Å². The summed E-state index contributed by atoms with van der Waals surface area (Å²) in [6.07, 6.45) is 2.95. The Bertz CT molecular complexity index is 827. The Labute approximate surface area is 160 Å². The van der Waals surface area contributed by atoms with Crippen LogP contribution in [0, 0.1) is 13.8 Å². The number of rotatable bonds is 5. The number of carbonyl (C=O) groups is 2. The molecule has 1 aromatic carbocycles. The monoisotopic (exact) mass is 371 g/mol. The Morgan fingerprint density at radius 3 is 2.67 bits per heavy atom. The molecule has 3 rings (SSSR count). The standard InChI is InChI=1S/C21H29N3O3/c1-4-22-20(25)13-23-6-5-7-24(9-8-23)21(26)12-17-14-27-19-11-16(3)15(2)10-18(17)19/h10-11,14H,4-9,12-13H2,1-3H3,(H,22,25). The maximum Gasteiger partial charge on any atom is 0.234 e. The van der Waals surface area contributed by atoms with Gasteiger partial charge in [-0.2, -0.15) is 0 Å². The second-order valence-electron chi connectivity index (χ2n) is 7.33. The van der Waals surface area contributed by atoms with Gasteiger partial charge in [0.1, 0.15) is 5.58 Å². The third-order valence-corrected chi connectivity index (χ3v) is 5.29. The van der Waals surface area contributed by atoms with Gasteiger partial charge in [-0.3, -0.25) is 14.5 Å². The number of hydrogen-bond donors (Lipinski definition) is 1. The Morgan fingerprint density at radius 2 is 1.89 bits per heavy atom. The van der Waals surface area contributed by atoms with Crippen LogP contribution in [0.25, 0.3) is 11.0 Å². The molecule has 0 atom stereocenters. The molecule has 6 nitrogen and oxygen atoms in total. The van der Waals surface area contributed by atoms with Crippen molar-refractivity contribution in [2.45, 2.75) is 33.6 Å². The van der Waals surface area contributed by atoms with Crippen molar-refractivity contribution in [1.82, 2.24) is 15.1 Å². The van der Waals surface area contributed by atoms with Crippen molar-refractivity contribution in [1.29, 1.82) is 0 Å². The Hall–Kier alpha value is -2.34. The number of furan rings is 1. The van der Waals surface area contributed by atoms with E-state index in [1.54, 1.807) is 6.26 Å². The SMILES string of the molecule is CCNC(=O)CN1CCCN(C(=O)Cc2coc3cc(C)c(C)cc23)CC1. The predicted molar refractivity (Wildman–Crippen MR) is 106 cm³/mol. The van der Waals surface area contributed by atoms with E-state index in [0.29, 0.717) is 26.1 Å². The first-order valence-corrected chi connectivity index (χ1v) is 9.72. The maximum absolute atomic E-state index is 12.8.